The highest BCUT2D eigenvalue weighted by Gasteiger charge is 2.16. The molecular formula is C23H24N6O2. The number of hydrogen-bond acceptors (Lipinski definition) is 6. The van der Waals surface area contributed by atoms with Gasteiger partial charge in [0.2, 0.25) is 0 Å². The van der Waals surface area contributed by atoms with E-state index in [9.17, 15) is 4.79 Å². The van der Waals surface area contributed by atoms with Crippen molar-refractivity contribution in [2.45, 2.75) is 40.3 Å². The highest BCUT2D eigenvalue weighted by atomic mass is 16.6. The SMILES string of the molecule is Cc1ccc(-c2cc(OC(=O)NCc3cnc(C)cn3)cc3c2cnn3C(C)C)nc1. The molecule has 0 saturated carbocycles. The number of pyridine rings is 1. The molecule has 4 aromatic rings. The summed E-state index contributed by atoms with van der Waals surface area (Å²) in [6.07, 6.45) is 6.36. The average Bonchev–Trinajstić information content (AvgIpc) is 3.18. The molecule has 31 heavy (non-hydrogen) atoms. The van der Waals surface area contributed by atoms with Crippen molar-refractivity contribution in [2.24, 2.45) is 0 Å². The number of ether oxygens (including phenoxy) is 1. The van der Waals surface area contributed by atoms with Crippen LogP contribution in [0.3, 0.4) is 0 Å². The predicted molar refractivity (Wildman–Crippen MR) is 118 cm³/mol. The Labute approximate surface area is 180 Å². The maximum Gasteiger partial charge on any atom is 0.412 e. The van der Waals surface area contributed by atoms with Crippen molar-refractivity contribution in [3.05, 3.63) is 66.0 Å². The van der Waals surface area contributed by atoms with Gasteiger partial charge in [-0.15, -0.1) is 0 Å². The van der Waals surface area contributed by atoms with Crippen molar-refractivity contribution in [3.63, 3.8) is 0 Å². The molecule has 0 aliphatic carbocycles. The van der Waals surface area contributed by atoms with E-state index in [2.05, 4.69) is 39.2 Å². The molecule has 1 N–H and O–H groups in total. The third-order valence-corrected chi connectivity index (χ3v) is 4.83. The zero-order valence-electron chi connectivity index (χ0n) is 18.0. The van der Waals surface area contributed by atoms with Crippen LogP contribution in [-0.4, -0.2) is 30.8 Å². The summed E-state index contributed by atoms with van der Waals surface area (Å²) in [6, 6.07) is 7.75. The quantitative estimate of drug-likeness (QED) is 0.519. The van der Waals surface area contributed by atoms with Crippen molar-refractivity contribution in [1.29, 1.82) is 0 Å². The molecule has 0 radical (unpaired) electrons. The van der Waals surface area contributed by atoms with Gasteiger partial charge in [-0.2, -0.15) is 5.10 Å². The van der Waals surface area contributed by atoms with Crippen LogP contribution in [0.1, 0.15) is 36.8 Å². The second-order valence-corrected chi connectivity index (χ2v) is 7.70. The maximum atomic E-state index is 12.4. The zero-order chi connectivity index (χ0) is 22.0. The standard InChI is InChI=1S/C23H24N6O2/c1-14(2)29-22-8-18(31-23(30)27-12-17-11-24-16(4)10-25-17)7-19(20(22)13-28-29)21-6-5-15(3)9-26-21/h5-11,13-14H,12H2,1-4H3,(H,27,30). The van der Waals surface area contributed by atoms with E-state index < -0.39 is 6.09 Å². The average molecular weight is 416 g/mol. The number of aryl methyl sites for hydroxylation is 2. The Morgan fingerprint density at radius 2 is 1.90 bits per heavy atom. The molecule has 4 rings (SSSR count). The Bertz CT molecular complexity index is 1210. The van der Waals surface area contributed by atoms with E-state index in [4.69, 9.17) is 4.74 Å². The third kappa shape index (κ3) is 4.53. The van der Waals surface area contributed by atoms with Crippen LogP contribution in [0.4, 0.5) is 4.79 Å². The molecule has 1 aromatic carbocycles. The van der Waals surface area contributed by atoms with Crippen LogP contribution in [0.2, 0.25) is 0 Å². The number of carbonyl (C=O) groups is 1. The molecule has 8 heteroatoms. The van der Waals surface area contributed by atoms with Crippen LogP contribution in [0.15, 0.2) is 49.1 Å². The van der Waals surface area contributed by atoms with Gasteiger partial charge in [0.25, 0.3) is 0 Å². The zero-order valence-corrected chi connectivity index (χ0v) is 18.0. The van der Waals surface area contributed by atoms with E-state index in [1.165, 1.54) is 0 Å². The van der Waals surface area contributed by atoms with Crippen molar-refractivity contribution < 1.29 is 9.53 Å². The van der Waals surface area contributed by atoms with Crippen molar-refractivity contribution in [1.82, 2.24) is 30.0 Å². The fraction of sp³-hybridized carbons (Fsp3) is 0.261. The van der Waals surface area contributed by atoms with Crippen LogP contribution in [0, 0.1) is 13.8 Å². The molecule has 0 unspecified atom stereocenters. The second-order valence-electron chi connectivity index (χ2n) is 7.70. The molecule has 3 aromatic heterocycles. The van der Waals surface area contributed by atoms with Gasteiger partial charge >= 0.3 is 6.09 Å². The largest absolute Gasteiger partial charge is 0.412 e. The molecule has 0 aliphatic heterocycles. The number of amides is 1. The summed E-state index contributed by atoms with van der Waals surface area (Å²) in [6.45, 7) is 8.19. The maximum absolute atomic E-state index is 12.4. The minimum atomic E-state index is -0.569. The lowest BCUT2D eigenvalue weighted by molar-refractivity contribution is 0.200. The number of carbonyl (C=O) groups excluding carboxylic acids is 1. The van der Waals surface area contributed by atoms with E-state index in [0.717, 1.165) is 33.4 Å². The summed E-state index contributed by atoms with van der Waals surface area (Å²) in [5.41, 5.74) is 5.07. The van der Waals surface area contributed by atoms with Gasteiger partial charge in [-0.25, -0.2) is 4.79 Å². The summed E-state index contributed by atoms with van der Waals surface area (Å²) in [7, 11) is 0. The van der Waals surface area contributed by atoms with Crippen molar-refractivity contribution in [2.75, 3.05) is 0 Å². The van der Waals surface area contributed by atoms with Gasteiger partial charge < -0.3 is 10.1 Å². The van der Waals surface area contributed by atoms with Gasteiger partial charge in [0.1, 0.15) is 5.75 Å². The van der Waals surface area contributed by atoms with E-state index in [1.807, 2.05) is 55.2 Å². The first-order valence-corrected chi connectivity index (χ1v) is 10.1. The molecule has 0 saturated heterocycles. The minimum Gasteiger partial charge on any atom is -0.410 e. The van der Waals surface area contributed by atoms with Crippen LogP contribution in [0.5, 0.6) is 5.75 Å². The molecule has 0 atom stereocenters. The monoisotopic (exact) mass is 416 g/mol. The molecular weight excluding hydrogens is 392 g/mol. The first-order valence-electron chi connectivity index (χ1n) is 10.1. The number of nitrogens with zero attached hydrogens (tertiary/aromatic N) is 5. The van der Waals surface area contributed by atoms with Crippen LogP contribution >= 0.6 is 0 Å². The normalized spacial score (nSPS) is 11.1. The summed E-state index contributed by atoms with van der Waals surface area (Å²) < 4.78 is 7.49. The van der Waals surface area contributed by atoms with Crippen LogP contribution in [-0.2, 0) is 6.54 Å². The number of nitrogens with one attached hydrogen (secondary N) is 1. The summed E-state index contributed by atoms with van der Waals surface area (Å²) in [5.74, 6) is 0.416. The number of rotatable bonds is 5. The first-order chi connectivity index (χ1) is 14.9. The molecule has 0 spiro atoms. The lowest BCUT2D eigenvalue weighted by atomic mass is 10.1. The third-order valence-electron chi connectivity index (χ3n) is 4.83. The molecule has 0 fully saturated rings. The fourth-order valence-electron chi connectivity index (χ4n) is 3.25. The highest BCUT2D eigenvalue weighted by Crippen LogP contribution is 2.33. The molecule has 3 heterocycles. The van der Waals surface area contributed by atoms with Gasteiger partial charge in [-0.3, -0.25) is 19.6 Å². The van der Waals surface area contributed by atoms with Gasteiger partial charge in [-0.1, -0.05) is 6.07 Å². The Morgan fingerprint density at radius 1 is 1.06 bits per heavy atom. The number of fused-ring (bicyclic) bond motifs is 1. The summed E-state index contributed by atoms with van der Waals surface area (Å²) in [5, 5.41) is 8.18. The van der Waals surface area contributed by atoms with Crippen LogP contribution in [0.25, 0.3) is 22.2 Å². The van der Waals surface area contributed by atoms with Gasteiger partial charge in [-0.05, 0) is 45.4 Å². The fourth-order valence-corrected chi connectivity index (χ4v) is 3.25. The van der Waals surface area contributed by atoms with Crippen LogP contribution < -0.4 is 10.1 Å². The second kappa shape index (κ2) is 8.51. The highest BCUT2D eigenvalue weighted by molar-refractivity contribution is 5.95. The Hall–Kier alpha value is -3.81. The number of benzene rings is 1. The minimum absolute atomic E-state index is 0.153. The summed E-state index contributed by atoms with van der Waals surface area (Å²) >= 11 is 0. The molecule has 8 nitrogen and oxygen atoms in total. The molecule has 1 amide bonds. The lowest BCUT2D eigenvalue weighted by Crippen LogP contribution is -2.26. The van der Waals surface area contributed by atoms with E-state index >= 15 is 0 Å². The predicted octanol–water partition coefficient (Wildman–Crippen LogP) is 4.37. The van der Waals surface area contributed by atoms with E-state index in [0.29, 0.717) is 11.4 Å². The number of aromatic nitrogens is 5. The molecule has 158 valence electrons. The van der Waals surface area contributed by atoms with Crippen molar-refractivity contribution in [3.8, 4) is 17.0 Å². The lowest BCUT2D eigenvalue weighted by Gasteiger charge is -2.12. The van der Waals surface area contributed by atoms with Gasteiger partial charge in [0.15, 0.2) is 0 Å². The smallest absolute Gasteiger partial charge is 0.410 e. The first kappa shape index (κ1) is 20.5. The Kier molecular flexibility index (Phi) is 5.62. The van der Waals surface area contributed by atoms with Gasteiger partial charge in [0.05, 0.1) is 41.5 Å². The van der Waals surface area contributed by atoms with Gasteiger partial charge in [0, 0.05) is 35.5 Å². The topological polar surface area (TPSA) is 94.8 Å². The summed E-state index contributed by atoms with van der Waals surface area (Å²) in [4.78, 5) is 25.4. The van der Waals surface area contributed by atoms with E-state index in [-0.39, 0.29) is 12.6 Å². The molecule has 0 aliphatic rings. The van der Waals surface area contributed by atoms with E-state index in [1.54, 1.807) is 12.4 Å². The number of hydrogen-bond donors (Lipinski definition) is 1. The van der Waals surface area contributed by atoms with Crippen molar-refractivity contribution >= 4 is 17.0 Å². The molecule has 0 bridgehead atoms. The Morgan fingerprint density at radius 3 is 2.58 bits per heavy atom. The Balaban J connectivity index is 1.63.